The third kappa shape index (κ3) is 2.55. The lowest BCUT2D eigenvalue weighted by molar-refractivity contribution is 0.588. The van der Waals surface area contributed by atoms with Crippen LogP contribution >= 0.6 is 15.9 Å². The van der Waals surface area contributed by atoms with Crippen LogP contribution in [0.3, 0.4) is 0 Å². The summed E-state index contributed by atoms with van der Waals surface area (Å²) in [5.41, 5.74) is 6.22. The van der Waals surface area contributed by atoms with Crippen molar-refractivity contribution in [1.82, 2.24) is 19.7 Å². The van der Waals surface area contributed by atoms with Gasteiger partial charge in [-0.2, -0.15) is 5.10 Å². The number of anilines is 1. The van der Waals surface area contributed by atoms with Gasteiger partial charge in [-0.3, -0.25) is 0 Å². The van der Waals surface area contributed by atoms with Gasteiger partial charge in [-0.1, -0.05) is 0 Å². The van der Waals surface area contributed by atoms with Gasteiger partial charge in [0, 0.05) is 6.26 Å². The number of aromatic nitrogens is 4. The molecular weight excluding hydrogens is 310 g/mol. The van der Waals surface area contributed by atoms with E-state index in [0.717, 1.165) is 0 Å². The highest BCUT2D eigenvalue weighted by molar-refractivity contribution is 9.10. The Morgan fingerprint density at radius 1 is 1.47 bits per heavy atom. The molecule has 0 aliphatic rings. The fourth-order valence-corrected chi connectivity index (χ4v) is 2.47. The molecule has 2 N–H and O–H groups in total. The minimum Gasteiger partial charge on any atom is -0.383 e. The summed E-state index contributed by atoms with van der Waals surface area (Å²) in [5, 5.41) is 4.74. The minimum atomic E-state index is -3.04. The van der Waals surface area contributed by atoms with E-state index in [1.165, 1.54) is 17.3 Å². The van der Waals surface area contributed by atoms with E-state index in [-0.39, 0.29) is 12.3 Å². The molecule has 0 saturated carbocycles. The van der Waals surface area contributed by atoms with Crippen molar-refractivity contribution in [3.8, 4) is 0 Å². The van der Waals surface area contributed by atoms with Gasteiger partial charge in [0.05, 0.1) is 17.7 Å². The molecule has 2 rings (SSSR count). The zero-order chi connectivity index (χ0) is 12.6. The number of halogens is 1. The summed E-state index contributed by atoms with van der Waals surface area (Å²) in [5.74, 6) is 0.313. The van der Waals surface area contributed by atoms with Crippen molar-refractivity contribution in [3.05, 3.63) is 10.9 Å². The fourth-order valence-electron chi connectivity index (χ4n) is 1.39. The number of hydrogen-bond acceptors (Lipinski definition) is 6. The zero-order valence-corrected chi connectivity index (χ0v) is 11.4. The van der Waals surface area contributed by atoms with Crippen molar-refractivity contribution in [2.45, 2.75) is 6.54 Å². The van der Waals surface area contributed by atoms with E-state index >= 15 is 0 Å². The molecule has 0 unspecified atom stereocenters. The van der Waals surface area contributed by atoms with E-state index in [4.69, 9.17) is 5.73 Å². The third-order valence-electron chi connectivity index (χ3n) is 2.19. The van der Waals surface area contributed by atoms with Crippen molar-refractivity contribution in [2.75, 3.05) is 17.7 Å². The molecule has 0 bridgehead atoms. The second-order valence-corrected chi connectivity index (χ2v) is 6.61. The maximum Gasteiger partial charge on any atom is 0.164 e. The summed E-state index contributed by atoms with van der Waals surface area (Å²) in [6.45, 7) is 0.234. The molecule has 2 heterocycles. The Hall–Kier alpha value is -1.22. The molecule has 17 heavy (non-hydrogen) atoms. The Bertz CT molecular complexity index is 666. The van der Waals surface area contributed by atoms with Crippen molar-refractivity contribution < 1.29 is 8.42 Å². The standard InChI is InChI=1S/C8H10BrN5O2S/c1-17(15,16)3-2-14-8-5(6(9)13-14)7(10)11-4-12-8/h4H,2-3H2,1H3,(H2,10,11,12). The average molecular weight is 320 g/mol. The highest BCUT2D eigenvalue weighted by Gasteiger charge is 2.14. The van der Waals surface area contributed by atoms with E-state index in [9.17, 15) is 8.42 Å². The largest absolute Gasteiger partial charge is 0.383 e. The number of nitrogens with two attached hydrogens (primary N) is 1. The van der Waals surface area contributed by atoms with Crippen LogP contribution in [-0.4, -0.2) is 40.2 Å². The Kier molecular flexibility index (Phi) is 3.04. The molecule has 7 nitrogen and oxygen atoms in total. The lowest BCUT2D eigenvalue weighted by atomic mass is 10.4. The first kappa shape index (κ1) is 12.2. The van der Waals surface area contributed by atoms with Gasteiger partial charge >= 0.3 is 0 Å². The number of hydrogen-bond donors (Lipinski definition) is 1. The first-order chi connectivity index (χ1) is 7.88. The predicted molar refractivity (Wildman–Crippen MR) is 67.1 cm³/mol. The number of sulfone groups is 1. The van der Waals surface area contributed by atoms with E-state index < -0.39 is 9.84 Å². The average Bonchev–Trinajstić information content (AvgIpc) is 2.53. The molecule has 0 aliphatic heterocycles. The van der Waals surface area contributed by atoms with Gasteiger partial charge in [0.2, 0.25) is 0 Å². The van der Waals surface area contributed by atoms with Crippen LogP contribution in [0.4, 0.5) is 5.82 Å². The van der Waals surface area contributed by atoms with Crippen LogP contribution in [-0.2, 0) is 16.4 Å². The van der Waals surface area contributed by atoms with Gasteiger partial charge in [0.25, 0.3) is 0 Å². The molecule has 0 fully saturated rings. The fraction of sp³-hybridized carbons (Fsp3) is 0.375. The zero-order valence-electron chi connectivity index (χ0n) is 8.96. The molecule has 2 aromatic heterocycles. The van der Waals surface area contributed by atoms with Gasteiger partial charge in [0.15, 0.2) is 5.65 Å². The van der Waals surface area contributed by atoms with Crippen molar-refractivity contribution in [1.29, 1.82) is 0 Å². The summed E-state index contributed by atoms with van der Waals surface area (Å²) in [4.78, 5) is 7.90. The molecule has 2 aromatic rings. The number of fused-ring (bicyclic) bond motifs is 1. The lowest BCUT2D eigenvalue weighted by Gasteiger charge is -2.01. The predicted octanol–water partition coefficient (Wildman–Crippen LogP) is 0.216. The van der Waals surface area contributed by atoms with Gasteiger partial charge in [-0.15, -0.1) is 0 Å². The maximum atomic E-state index is 11.1. The highest BCUT2D eigenvalue weighted by atomic mass is 79.9. The first-order valence-corrected chi connectivity index (χ1v) is 7.54. The number of aryl methyl sites for hydroxylation is 1. The summed E-state index contributed by atoms with van der Waals surface area (Å²) >= 11 is 3.25. The van der Waals surface area contributed by atoms with Gasteiger partial charge < -0.3 is 5.73 Å². The minimum absolute atomic E-state index is 0.000127. The van der Waals surface area contributed by atoms with Crippen LogP contribution in [0.15, 0.2) is 10.9 Å². The first-order valence-electron chi connectivity index (χ1n) is 4.68. The molecule has 0 aromatic carbocycles. The molecule has 92 valence electrons. The molecule has 9 heteroatoms. The molecule has 0 aliphatic carbocycles. The van der Waals surface area contributed by atoms with Gasteiger partial charge in [-0.05, 0) is 15.9 Å². The molecule has 0 amide bonds. The summed E-state index contributed by atoms with van der Waals surface area (Å²) in [7, 11) is -3.04. The molecular formula is C8H10BrN5O2S. The molecule has 0 atom stereocenters. The lowest BCUT2D eigenvalue weighted by Crippen LogP contribution is -2.12. The summed E-state index contributed by atoms with van der Waals surface area (Å²) < 4.78 is 24.2. The highest BCUT2D eigenvalue weighted by Crippen LogP contribution is 2.25. The van der Waals surface area contributed by atoms with Crippen LogP contribution in [0.1, 0.15) is 0 Å². The van der Waals surface area contributed by atoms with Gasteiger partial charge in [-0.25, -0.2) is 23.1 Å². The molecule has 0 radical (unpaired) electrons. The Labute approximate surface area is 106 Å². The monoisotopic (exact) mass is 319 g/mol. The quantitative estimate of drug-likeness (QED) is 0.867. The Balaban J connectivity index is 2.46. The van der Waals surface area contributed by atoms with Gasteiger partial charge in [0.1, 0.15) is 26.6 Å². The van der Waals surface area contributed by atoms with E-state index in [1.807, 2.05) is 0 Å². The molecule has 0 saturated heterocycles. The maximum absolute atomic E-state index is 11.1. The van der Waals surface area contributed by atoms with Crippen LogP contribution < -0.4 is 5.73 Å². The van der Waals surface area contributed by atoms with E-state index in [2.05, 4.69) is 31.0 Å². The third-order valence-corrected chi connectivity index (χ3v) is 3.67. The van der Waals surface area contributed by atoms with E-state index in [1.54, 1.807) is 0 Å². The van der Waals surface area contributed by atoms with Crippen LogP contribution in [0.5, 0.6) is 0 Å². The Morgan fingerprint density at radius 3 is 2.82 bits per heavy atom. The number of nitrogen functional groups attached to an aromatic ring is 1. The van der Waals surface area contributed by atoms with Crippen LogP contribution in [0.25, 0.3) is 11.0 Å². The second kappa shape index (κ2) is 4.22. The van der Waals surface area contributed by atoms with Crippen molar-refractivity contribution >= 4 is 42.6 Å². The topological polar surface area (TPSA) is 104 Å². The second-order valence-electron chi connectivity index (χ2n) is 3.60. The Morgan fingerprint density at radius 2 is 2.18 bits per heavy atom. The van der Waals surface area contributed by atoms with Crippen LogP contribution in [0.2, 0.25) is 0 Å². The smallest absolute Gasteiger partial charge is 0.164 e. The number of rotatable bonds is 3. The SMILES string of the molecule is CS(=O)(=O)CCn1nc(Br)c2c(N)ncnc21. The molecule has 0 spiro atoms. The van der Waals surface area contributed by atoms with E-state index in [0.29, 0.717) is 21.5 Å². The normalized spacial score (nSPS) is 12.1. The van der Waals surface area contributed by atoms with Crippen molar-refractivity contribution in [3.63, 3.8) is 0 Å². The van der Waals surface area contributed by atoms with Crippen molar-refractivity contribution in [2.24, 2.45) is 0 Å². The summed E-state index contributed by atoms with van der Waals surface area (Å²) in [6, 6.07) is 0. The van der Waals surface area contributed by atoms with Crippen LogP contribution in [0, 0.1) is 0 Å². The number of nitrogens with zero attached hydrogens (tertiary/aromatic N) is 4. The summed E-state index contributed by atoms with van der Waals surface area (Å²) in [6.07, 6.45) is 2.50.